The largest absolute Gasteiger partial charge is 0.331 e. The molecular formula is C21H52N4. The summed E-state index contributed by atoms with van der Waals surface area (Å²) < 4.78 is 0. The highest BCUT2D eigenvalue weighted by Gasteiger charge is 2.30. The molecule has 0 spiro atoms. The predicted octanol–water partition coefficient (Wildman–Crippen LogP) is 4.40. The average molecular weight is 361 g/mol. The van der Waals surface area contributed by atoms with E-state index in [1.807, 2.05) is 27.7 Å². The van der Waals surface area contributed by atoms with Crippen LogP contribution in [0.15, 0.2) is 0 Å². The molecule has 0 amide bonds. The maximum absolute atomic E-state index is 4.85. The van der Waals surface area contributed by atoms with Crippen LogP contribution in [0.2, 0.25) is 0 Å². The van der Waals surface area contributed by atoms with Gasteiger partial charge in [0.15, 0.2) is 0 Å². The van der Waals surface area contributed by atoms with Crippen molar-refractivity contribution in [1.29, 1.82) is 0 Å². The van der Waals surface area contributed by atoms with E-state index in [9.17, 15) is 0 Å². The maximum Gasteiger partial charge on any atom is -0.0106 e. The molecule has 0 aromatic carbocycles. The molecule has 3 rings (SSSR count). The second kappa shape index (κ2) is 28.6. The second-order valence-corrected chi connectivity index (χ2v) is 6.88. The SMILES string of the molecule is C1CC2CCC1C2.C1CCCCC1.CCN.CCN.CCN.CCN. The molecule has 0 radical (unpaired) electrons. The van der Waals surface area contributed by atoms with Gasteiger partial charge >= 0.3 is 0 Å². The number of fused-ring (bicyclic) bond motifs is 2. The number of rotatable bonds is 0. The van der Waals surface area contributed by atoms with Gasteiger partial charge in [-0.15, -0.1) is 0 Å². The standard InChI is InChI=1S/C7H12.C6H12.4C2H7N/c1-2-7-4-3-6(1)5-7;1-2-4-6-5-3-1;4*1-2-3/h6-7H,1-5H2;1-6H2;4*2-3H2,1H3. The molecular weight excluding hydrogens is 308 g/mol. The lowest BCUT2D eigenvalue weighted by molar-refractivity contribution is 0.480. The Morgan fingerprint density at radius 2 is 0.640 bits per heavy atom. The van der Waals surface area contributed by atoms with E-state index < -0.39 is 0 Å². The van der Waals surface area contributed by atoms with Gasteiger partial charge in [0.1, 0.15) is 0 Å². The zero-order valence-electron chi connectivity index (χ0n) is 18.1. The first kappa shape index (κ1) is 29.6. The first-order chi connectivity index (χ1) is 12.1. The highest BCUT2D eigenvalue weighted by Crippen LogP contribution is 2.43. The van der Waals surface area contributed by atoms with Crippen LogP contribution < -0.4 is 22.9 Å². The van der Waals surface area contributed by atoms with Gasteiger partial charge in [-0.1, -0.05) is 91.9 Å². The topological polar surface area (TPSA) is 104 Å². The Kier molecular flexibility index (Phi) is 33.9. The van der Waals surface area contributed by atoms with Gasteiger partial charge in [0.05, 0.1) is 0 Å². The number of nitrogens with two attached hydrogens (primary N) is 4. The minimum Gasteiger partial charge on any atom is -0.331 e. The molecule has 0 aromatic heterocycles. The lowest BCUT2D eigenvalue weighted by Crippen LogP contribution is -1.90. The van der Waals surface area contributed by atoms with Crippen molar-refractivity contribution in [1.82, 2.24) is 0 Å². The molecule has 4 heteroatoms. The third kappa shape index (κ3) is 28.9. The fourth-order valence-corrected chi connectivity index (χ4v) is 3.23. The molecule has 25 heavy (non-hydrogen) atoms. The van der Waals surface area contributed by atoms with Crippen molar-refractivity contribution in [3.63, 3.8) is 0 Å². The Morgan fingerprint density at radius 3 is 0.720 bits per heavy atom. The van der Waals surface area contributed by atoms with Crippen molar-refractivity contribution in [3.05, 3.63) is 0 Å². The molecule has 0 aromatic rings. The van der Waals surface area contributed by atoms with Crippen LogP contribution in [0.1, 0.15) is 98.3 Å². The maximum atomic E-state index is 4.85. The minimum absolute atomic E-state index is 0.750. The van der Waals surface area contributed by atoms with Crippen LogP contribution >= 0.6 is 0 Å². The van der Waals surface area contributed by atoms with Crippen molar-refractivity contribution in [3.8, 4) is 0 Å². The fourth-order valence-electron chi connectivity index (χ4n) is 3.23. The molecule has 0 heterocycles. The van der Waals surface area contributed by atoms with Crippen LogP contribution in [0.25, 0.3) is 0 Å². The van der Waals surface area contributed by atoms with Gasteiger partial charge < -0.3 is 22.9 Å². The van der Waals surface area contributed by atoms with Crippen molar-refractivity contribution in [2.24, 2.45) is 34.8 Å². The van der Waals surface area contributed by atoms with Crippen LogP contribution in [0.4, 0.5) is 0 Å². The molecule has 3 aliphatic rings. The Balaban J connectivity index is -0.000000247. The van der Waals surface area contributed by atoms with E-state index in [2.05, 4.69) is 0 Å². The van der Waals surface area contributed by atoms with Crippen LogP contribution in [0.5, 0.6) is 0 Å². The van der Waals surface area contributed by atoms with Crippen LogP contribution in [0, 0.1) is 11.8 Å². The predicted molar refractivity (Wildman–Crippen MR) is 117 cm³/mol. The van der Waals surface area contributed by atoms with Crippen molar-refractivity contribution >= 4 is 0 Å². The van der Waals surface area contributed by atoms with Crippen molar-refractivity contribution in [2.75, 3.05) is 26.2 Å². The lowest BCUT2D eigenvalue weighted by Gasteiger charge is -2.05. The molecule has 0 unspecified atom stereocenters. The van der Waals surface area contributed by atoms with E-state index in [0.717, 1.165) is 26.2 Å². The third-order valence-corrected chi connectivity index (χ3v) is 4.13. The van der Waals surface area contributed by atoms with E-state index in [1.165, 1.54) is 50.4 Å². The zero-order chi connectivity index (χ0) is 19.8. The summed E-state index contributed by atoms with van der Waals surface area (Å²) >= 11 is 0. The van der Waals surface area contributed by atoms with Gasteiger partial charge in [-0.2, -0.15) is 0 Å². The summed E-state index contributed by atoms with van der Waals surface area (Å²) in [5.74, 6) is 2.34. The summed E-state index contributed by atoms with van der Waals surface area (Å²) in [5.41, 5.74) is 19.4. The molecule has 3 aliphatic carbocycles. The number of hydrogen-bond donors (Lipinski definition) is 4. The van der Waals surface area contributed by atoms with Gasteiger partial charge in [0, 0.05) is 0 Å². The molecule has 0 atom stereocenters. The van der Waals surface area contributed by atoms with Gasteiger partial charge in [0.2, 0.25) is 0 Å². The summed E-state index contributed by atoms with van der Waals surface area (Å²) in [7, 11) is 0. The molecule has 8 N–H and O–H groups in total. The highest BCUT2D eigenvalue weighted by molar-refractivity contribution is 4.82. The number of hydrogen-bond acceptors (Lipinski definition) is 4. The van der Waals surface area contributed by atoms with Gasteiger partial charge in [-0.25, -0.2) is 0 Å². The van der Waals surface area contributed by atoms with Crippen LogP contribution in [-0.4, -0.2) is 26.2 Å². The monoisotopic (exact) mass is 360 g/mol. The Labute approximate surface area is 159 Å². The van der Waals surface area contributed by atoms with E-state index in [1.54, 1.807) is 32.1 Å². The van der Waals surface area contributed by atoms with E-state index >= 15 is 0 Å². The van der Waals surface area contributed by atoms with Gasteiger partial charge in [0.25, 0.3) is 0 Å². The quantitative estimate of drug-likeness (QED) is 0.514. The highest BCUT2D eigenvalue weighted by atomic mass is 14.5. The van der Waals surface area contributed by atoms with E-state index in [-0.39, 0.29) is 0 Å². The third-order valence-electron chi connectivity index (χ3n) is 4.13. The molecule has 2 bridgehead atoms. The molecule has 3 fully saturated rings. The summed E-state index contributed by atoms with van der Waals surface area (Å²) in [4.78, 5) is 0. The molecule has 0 aliphatic heterocycles. The van der Waals surface area contributed by atoms with Crippen LogP contribution in [0.3, 0.4) is 0 Å². The Hall–Kier alpha value is -0.160. The van der Waals surface area contributed by atoms with E-state index in [0.29, 0.717) is 0 Å². The summed E-state index contributed by atoms with van der Waals surface area (Å²) in [6, 6.07) is 0. The Bertz CT molecular complexity index is 159. The summed E-state index contributed by atoms with van der Waals surface area (Å²) in [5, 5.41) is 0. The fraction of sp³-hybridized carbons (Fsp3) is 1.00. The second-order valence-electron chi connectivity index (χ2n) is 6.88. The minimum atomic E-state index is 0.750. The zero-order valence-corrected chi connectivity index (χ0v) is 18.1. The van der Waals surface area contributed by atoms with Crippen molar-refractivity contribution in [2.45, 2.75) is 98.3 Å². The average Bonchev–Trinajstić information content (AvgIpc) is 3.26. The van der Waals surface area contributed by atoms with E-state index in [4.69, 9.17) is 22.9 Å². The Morgan fingerprint density at radius 1 is 0.480 bits per heavy atom. The molecule has 4 nitrogen and oxygen atoms in total. The molecule has 3 saturated carbocycles. The first-order valence-corrected chi connectivity index (χ1v) is 10.9. The molecule has 0 saturated heterocycles. The smallest absolute Gasteiger partial charge is 0.0106 e. The van der Waals surface area contributed by atoms with Gasteiger partial charge in [-0.05, 0) is 44.4 Å². The normalized spacial score (nSPS) is 22.1. The summed E-state index contributed by atoms with van der Waals surface area (Å²) in [6.07, 6.45) is 16.8. The first-order valence-electron chi connectivity index (χ1n) is 10.9. The van der Waals surface area contributed by atoms with Crippen molar-refractivity contribution < 1.29 is 0 Å². The van der Waals surface area contributed by atoms with Gasteiger partial charge in [-0.3, -0.25) is 0 Å². The molecule has 156 valence electrons. The van der Waals surface area contributed by atoms with Crippen LogP contribution in [-0.2, 0) is 0 Å². The lowest BCUT2D eigenvalue weighted by atomic mass is 10.0. The summed E-state index contributed by atoms with van der Waals surface area (Å²) in [6.45, 7) is 10.6.